The first-order chi connectivity index (χ1) is 14.8. The third-order valence-electron chi connectivity index (χ3n) is 5.64. The number of nitrogens with two attached hydrogens (primary N) is 1. The third-order valence-corrected chi connectivity index (χ3v) is 6.50. The monoisotopic (exact) mass is 444 g/mol. The van der Waals surface area contributed by atoms with Gasteiger partial charge in [0.2, 0.25) is 0 Å². The van der Waals surface area contributed by atoms with Gasteiger partial charge in [0.05, 0.1) is 29.7 Å². The number of thiazole rings is 1. The summed E-state index contributed by atoms with van der Waals surface area (Å²) in [4.78, 5) is 21.0. The number of pyridine rings is 1. The number of nitrogens with one attached hydrogen (secondary N) is 1. The maximum absolute atomic E-state index is 14.0. The molecule has 1 aliphatic heterocycles. The zero-order valence-electron chi connectivity index (χ0n) is 17.0. The number of carbonyl (C=O) groups excluding carboxylic acids is 1. The predicted molar refractivity (Wildman–Crippen MR) is 115 cm³/mol. The second-order valence-electron chi connectivity index (χ2n) is 7.64. The molecule has 31 heavy (non-hydrogen) atoms. The number of halogens is 2. The summed E-state index contributed by atoms with van der Waals surface area (Å²) in [7, 11) is 0. The summed E-state index contributed by atoms with van der Waals surface area (Å²) in [6.07, 6.45) is 3.48. The first kappa shape index (κ1) is 21.5. The Labute approximate surface area is 182 Å². The minimum atomic E-state index is -0.731. The molecule has 4 atom stereocenters. The maximum atomic E-state index is 14.0. The van der Waals surface area contributed by atoms with E-state index in [4.69, 9.17) is 10.5 Å². The van der Waals surface area contributed by atoms with Gasteiger partial charge in [-0.2, -0.15) is 0 Å². The lowest BCUT2D eigenvalue weighted by atomic mass is 9.87. The number of carbonyl (C=O) groups is 1. The zero-order chi connectivity index (χ0) is 22.1. The molecule has 9 heteroatoms. The summed E-state index contributed by atoms with van der Waals surface area (Å²) < 4.78 is 34.2. The van der Waals surface area contributed by atoms with E-state index in [0.29, 0.717) is 12.1 Å². The molecule has 6 nitrogen and oxygen atoms in total. The van der Waals surface area contributed by atoms with Crippen LogP contribution in [0.3, 0.4) is 0 Å². The highest BCUT2D eigenvalue weighted by molar-refractivity contribution is 7.13. The summed E-state index contributed by atoms with van der Waals surface area (Å²) in [6.45, 7) is 4.04. The summed E-state index contributed by atoms with van der Waals surface area (Å²) >= 11 is 0.994. The average molecular weight is 445 g/mol. The molecule has 0 unspecified atom stereocenters. The molecule has 1 aromatic carbocycles. The first-order valence-electron chi connectivity index (χ1n) is 9.91. The molecule has 1 saturated heterocycles. The Morgan fingerprint density at radius 3 is 2.71 bits per heavy atom. The van der Waals surface area contributed by atoms with Crippen LogP contribution in [0.5, 0.6) is 0 Å². The van der Waals surface area contributed by atoms with E-state index >= 15 is 0 Å². The van der Waals surface area contributed by atoms with E-state index < -0.39 is 17.5 Å². The van der Waals surface area contributed by atoms with Crippen molar-refractivity contribution in [3.05, 3.63) is 64.9 Å². The van der Waals surface area contributed by atoms with Crippen LogP contribution in [-0.2, 0) is 4.74 Å². The Morgan fingerprint density at radius 2 is 2.00 bits per heavy atom. The van der Waals surface area contributed by atoms with Crippen LogP contribution in [0.15, 0.2) is 42.0 Å². The van der Waals surface area contributed by atoms with Crippen LogP contribution >= 0.6 is 11.3 Å². The molecule has 1 amide bonds. The summed E-state index contributed by atoms with van der Waals surface area (Å²) in [5.41, 5.74) is 7.33. The second kappa shape index (κ2) is 8.78. The van der Waals surface area contributed by atoms with Gasteiger partial charge in [-0.3, -0.25) is 9.78 Å². The van der Waals surface area contributed by atoms with Crippen LogP contribution in [-0.4, -0.2) is 28.0 Å². The Hall–Kier alpha value is -2.75. The fourth-order valence-electron chi connectivity index (χ4n) is 3.62. The van der Waals surface area contributed by atoms with Crippen molar-refractivity contribution in [1.29, 1.82) is 0 Å². The molecule has 0 saturated carbocycles. The number of amides is 1. The van der Waals surface area contributed by atoms with Gasteiger partial charge >= 0.3 is 0 Å². The molecule has 162 valence electrons. The molecule has 3 heterocycles. The topological polar surface area (TPSA) is 90.1 Å². The molecule has 2 aromatic heterocycles. The van der Waals surface area contributed by atoms with Crippen molar-refractivity contribution in [1.82, 2.24) is 9.97 Å². The minimum absolute atomic E-state index is 0.0257. The van der Waals surface area contributed by atoms with Crippen molar-refractivity contribution >= 4 is 22.9 Å². The van der Waals surface area contributed by atoms with Crippen molar-refractivity contribution in [2.75, 3.05) is 5.32 Å². The highest BCUT2D eigenvalue weighted by Gasteiger charge is 2.33. The van der Waals surface area contributed by atoms with Crippen LogP contribution < -0.4 is 11.1 Å². The van der Waals surface area contributed by atoms with E-state index in [9.17, 15) is 13.6 Å². The number of anilines is 1. The highest BCUT2D eigenvalue weighted by atomic mass is 32.1. The molecule has 0 spiro atoms. The Kier molecular flexibility index (Phi) is 6.08. The summed E-state index contributed by atoms with van der Waals surface area (Å²) in [5, 5.41) is 4.35. The maximum Gasteiger partial charge on any atom is 0.275 e. The molecular formula is C22H22F2N4O2S. The molecule has 0 radical (unpaired) electrons. The van der Waals surface area contributed by atoms with Gasteiger partial charge in [0.1, 0.15) is 22.3 Å². The number of ether oxygens (including phenoxy) is 1. The van der Waals surface area contributed by atoms with Crippen LogP contribution in [0.2, 0.25) is 0 Å². The number of aromatic nitrogens is 2. The van der Waals surface area contributed by atoms with Crippen LogP contribution in [0.25, 0.3) is 10.6 Å². The Balaban J connectivity index is 1.56. The molecule has 4 rings (SSSR count). The minimum Gasteiger partial charge on any atom is -0.370 e. The van der Waals surface area contributed by atoms with Gasteiger partial charge < -0.3 is 15.8 Å². The molecule has 3 N–H and O–H groups in total. The lowest BCUT2D eigenvalue weighted by molar-refractivity contribution is -0.0790. The van der Waals surface area contributed by atoms with Gasteiger partial charge in [-0.25, -0.2) is 13.8 Å². The standard InChI is InChI=1S/C22H22F2N4O2S/c1-11-12(2)30-19(8-16(11)25)13-6-7-26-9-17(13)27-21(29)18-10-31-22(28-18)20-14(23)4-3-5-15(20)24/h3-7,9-12,16,19H,8,25H2,1-2H3,(H,27,29)/t11-,12+,16+,19+/m0/s1. The van der Waals surface area contributed by atoms with Gasteiger partial charge in [-0.15, -0.1) is 11.3 Å². The fourth-order valence-corrected chi connectivity index (χ4v) is 4.47. The van der Waals surface area contributed by atoms with E-state index in [2.05, 4.69) is 22.2 Å². The Morgan fingerprint density at radius 1 is 1.26 bits per heavy atom. The number of hydrogen-bond acceptors (Lipinski definition) is 6. The van der Waals surface area contributed by atoms with E-state index in [1.54, 1.807) is 12.3 Å². The number of benzene rings is 1. The van der Waals surface area contributed by atoms with E-state index in [1.807, 2.05) is 6.92 Å². The molecule has 0 aliphatic carbocycles. The fraction of sp³-hybridized carbons (Fsp3) is 0.318. The van der Waals surface area contributed by atoms with Crippen LogP contribution in [0.1, 0.15) is 42.4 Å². The van der Waals surface area contributed by atoms with Gasteiger partial charge in [0.15, 0.2) is 0 Å². The molecule has 1 fully saturated rings. The SMILES string of the molecule is C[C@@H]1[C@H](N)C[C@H](c2ccncc2NC(=O)c2csc(-c3c(F)cccc3F)n2)O[C@@H]1C. The van der Waals surface area contributed by atoms with Gasteiger partial charge in [-0.1, -0.05) is 13.0 Å². The summed E-state index contributed by atoms with van der Waals surface area (Å²) in [5.74, 6) is -1.74. The lowest BCUT2D eigenvalue weighted by Gasteiger charge is -2.38. The lowest BCUT2D eigenvalue weighted by Crippen LogP contribution is -2.43. The highest BCUT2D eigenvalue weighted by Crippen LogP contribution is 2.37. The normalized spacial score (nSPS) is 23.5. The quantitative estimate of drug-likeness (QED) is 0.616. The number of nitrogens with zero attached hydrogens (tertiary/aromatic N) is 2. The molecular weight excluding hydrogens is 422 g/mol. The van der Waals surface area contributed by atoms with Crippen LogP contribution in [0, 0.1) is 17.6 Å². The largest absolute Gasteiger partial charge is 0.370 e. The third kappa shape index (κ3) is 4.34. The van der Waals surface area contributed by atoms with Crippen molar-refractivity contribution in [2.24, 2.45) is 11.7 Å². The number of rotatable bonds is 4. The zero-order valence-corrected chi connectivity index (χ0v) is 17.8. The van der Waals surface area contributed by atoms with Crippen molar-refractivity contribution in [3.63, 3.8) is 0 Å². The molecule has 3 aromatic rings. The van der Waals surface area contributed by atoms with E-state index in [1.165, 1.54) is 17.6 Å². The summed E-state index contributed by atoms with van der Waals surface area (Å²) in [6, 6.07) is 5.34. The van der Waals surface area contributed by atoms with Crippen molar-refractivity contribution < 1.29 is 18.3 Å². The molecule has 0 bridgehead atoms. The number of hydrogen-bond donors (Lipinski definition) is 2. The Bertz CT molecular complexity index is 1070. The first-order valence-corrected chi connectivity index (χ1v) is 10.8. The van der Waals surface area contributed by atoms with Crippen molar-refractivity contribution in [3.8, 4) is 10.6 Å². The van der Waals surface area contributed by atoms with Gasteiger partial charge in [0.25, 0.3) is 5.91 Å². The predicted octanol–water partition coefficient (Wildman–Crippen LogP) is 4.55. The second-order valence-corrected chi connectivity index (χ2v) is 8.50. The van der Waals surface area contributed by atoms with Gasteiger partial charge in [0, 0.05) is 23.2 Å². The van der Waals surface area contributed by atoms with Gasteiger partial charge in [-0.05, 0) is 37.5 Å². The smallest absolute Gasteiger partial charge is 0.275 e. The average Bonchev–Trinajstić information content (AvgIpc) is 3.22. The molecule has 1 aliphatic rings. The van der Waals surface area contributed by atoms with E-state index in [-0.39, 0.29) is 40.4 Å². The van der Waals surface area contributed by atoms with E-state index in [0.717, 1.165) is 29.0 Å². The van der Waals surface area contributed by atoms with Crippen LogP contribution in [0.4, 0.5) is 14.5 Å². The van der Waals surface area contributed by atoms with Crippen molar-refractivity contribution in [2.45, 2.75) is 38.5 Å².